The second kappa shape index (κ2) is 10.1. The van der Waals surface area contributed by atoms with Crippen molar-refractivity contribution in [2.24, 2.45) is 5.92 Å². The van der Waals surface area contributed by atoms with Gasteiger partial charge < -0.3 is 14.6 Å². The molecular formula is C14H23Br2NO6. The highest BCUT2D eigenvalue weighted by molar-refractivity contribution is 9.12. The highest BCUT2D eigenvalue weighted by atomic mass is 79.9. The summed E-state index contributed by atoms with van der Waals surface area (Å²) >= 11 is 6.66. The van der Waals surface area contributed by atoms with Gasteiger partial charge in [-0.15, -0.1) is 0 Å². The highest BCUT2D eigenvalue weighted by Crippen LogP contribution is 2.22. The van der Waals surface area contributed by atoms with E-state index < -0.39 is 29.7 Å². The average molecular weight is 461 g/mol. The molecule has 0 aromatic rings. The quantitative estimate of drug-likeness (QED) is 0.460. The van der Waals surface area contributed by atoms with Gasteiger partial charge in [0.25, 0.3) is 0 Å². The maximum atomic E-state index is 12.0. The van der Waals surface area contributed by atoms with Crippen molar-refractivity contribution < 1.29 is 29.0 Å². The van der Waals surface area contributed by atoms with Crippen LogP contribution < -0.4 is 0 Å². The lowest BCUT2D eigenvalue weighted by molar-refractivity contribution is -0.144. The maximum absolute atomic E-state index is 12.0. The summed E-state index contributed by atoms with van der Waals surface area (Å²) in [6.45, 7) is 6.69. The van der Waals surface area contributed by atoms with E-state index >= 15 is 0 Å². The number of ether oxygens (including phenoxy) is 2. The summed E-state index contributed by atoms with van der Waals surface area (Å²) in [5.74, 6) is -0.894. The molecule has 0 heterocycles. The van der Waals surface area contributed by atoms with Gasteiger partial charge in [0.1, 0.15) is 5.60 Å². The van der Waals surface area contributed by atoms with Gasteiger partial charge in [-0.1, -0.05) is 31.9 Å². The van der Waals surface area contributed by atoms with Gasteiger partial charge >= 0.3 is 18.2 Å². The lowest BCUT2D eigenvalue weighted by Crippen LogP contribution is -2.44. The summed E-state index contributed by atoms with van der Waals surface area (Å²) in [5.41, 5.74) is -0.815. The molecule has 0 aliphatic rings. The molecule has 0 aromatic carbocycles. The Hall–Kier alpha value is -0.830. The van der Waals surface area contributed by atoms with Crippen LogP contribution in [-0.4, -0.2) is 57.1 Å². The Morgan fingerprint density at radius 2 is 1.83 bits per heavy atom. The minimum Gasteiger partial charge on any atom is -0.466 e. The van der Waals surface area contributed by atoms with Crippen LogP contribution in [0.5, 0.6) is 0 Å². The summed E-state index contributed by atoms with van der Waals surface area (Å²) in [4.78, 5) is 35.5. The third kappa shape index (κ3) is 9.14. The monoisotopic (exact) mass is 459 g/mol. The number of alkyl halides is 2. The largest absolute Gasteiger partial charge is 0.466 e. The number of esters is 1. The Morgan fingerprint density at radius 3 is 2.22 bits per heavy atom. The van der Waals surface area contributed by atoms with Crippen LogP contribution in [0, 0.1) is 5.92 Å². The molecule has 9 heteroatoms. The van der Waals surface area contributed by atoms with E-state index in [0.717, 1.165) is 0 Å². The lowest BCUT2D eigenvalue weighted by atomic mass is 10.0. The standard InChI is InChI=1S/C14H23Br2NO6/c1-5-22-11(18)6-9(10(16)7-15)8-17(12(19)20)13(21)23-14(2,3)4/h9-10H,5-8H2,1-4H3,(H,19,20)/t9-,10?/m1/s1. The number of carboxylic acid groups (broad SMARTS) is 1. The van der Waals surface area contributed by atoms with Gasteiger partial charge in [0.05, 0.1) is 13.0 Å². The van der Waals surface area contributed by atoms with Gasteiger partial charge in [-0.25, -0.2) is 14.5 Å². The van der Waals surface area contributed by atoms with Crippen LogP contribution in [-0.2, 0) is 14.3 Å². The minimum absolute atomic E-state index is 0.0120. The van der Waals surface area contributed by atoms with Gasteiger partial charge in [0, 0.05) is 22.6 Å². The number of halogens is 2. The van der Waals surface area contributed by atoms with Crippen LogP contribution in [0.2, 0.25) is 0 Å². The molecule has 0 saturated carbocycles. The number of hydrogen-bond donors (Lipinski definition) is 1. The number of amides is 2. The van der Waals surface area contributed by atoms with Crippen LogP contribution >= 0.6 is 31.9 Å². The molecule has 134 valence electrons. The predicted octanol–water partition coefficient (Wildman–Crippen LogP) is 3.63. The third-order valence-corrected chi connectivity index (χ3v) is 5.29. The fourth-order valence-corrected chi connectivity index (χ4v) is 2.53. The molecule has 0 bridgehead atoms. The molecule has 0 spiro atoms. The van der Waals surface area contributed by atoms with Gasteiger partial charge in [0.15, 0.2) is 0 Å². The van der Waals surface area contributed by atoms with Crippen LogP contribution in [0.3, 0.4) is 0 Å². The van der Waals surface area contributed by atoms with E-state index in [-0.39, 0.29) is 24.4 Å². The number of imide groups is 1. The van der Waals surface area contributed by atoms with E-state index in [4.69, 9.17) is 9.47 Å². The van der Waals surface area contributed by atoms with E-state index in [9.17, 15) is 19.5 Å². The van der Waals surface area contributed by atoms with Crippen molar-refractivity contribution in [1.82, 2.24) is 4.90 Å². The molecule has 7 nitrogen and oxygen atoms in total. The summed E-state index contributed by atoms with van der Waals surface area (Å²) in [6.07, 6.45) is -2.41. The van der Waals surface area contributed by atoms with Crippen LogP contribution in [0.1, 0.15) is 34.1 Å². The lowest BCUT2D eigenvalue weighted by Gasteiger charge is -2.28. The zero-order chi connectivity index (χ0) is 18.2. The molecule has 0 radical (unpaired) electrons. The Balaban J connectivity index is 5.10. The van der Waals surface area contributed by atoms with Crippen LogP contribution in [0.4, 0.5) is 9.59 Å². The number of nitrogens with zero attached hydrogens (tertiary/aromatic N) is 1. The highest BCUT2D eigenvalue weighted by Gasteiger charge is 2.32. The topological polar surface area (TPSA) is 93.1 Å². The second-order valence-electron chi connectivity index (χ2n) is 5.81. The molecule has 23 heavy (non-hydrogen) atoms. The fraction of sp³-hybridized carbons (Fsp3) is 0.786. The first-order valence-corrected chi connectivity index (χ1v) is 9.14. The van der Waals surface area contributed by atoms with E-state index in [0.29, 0.717) is 10.2 Å². The first-order valence-electron chi connectivity index (χ1n) is 7.10. The number of carbonyl (C=O) groups is 3. The van der Waals surface area contributed by atoms with Crippen molar-refractivity contribution in [3.05, 3.63) is 0 Å². The van der Waals surface area contributed by atoms with Crippen molar-refractivity contribution in [1.29, 1.82) is 0 Å². The molecular weight excluding hydrogens is 438 g/mol. The Labute approximate surface area is 152 Å². The van der Waals surface area contributed by atoms with Crippen molar-refractivity contribution in [3.8, 4) is 0 Å². The van der Waals surface area contributed by atoms with Gasteiger partial charge in [-0.05, 0) is 27.7 Å². The Kier molecular flexibility index (Phi) is 9.76. The molecule has 2 amide bonds. The van der Waals surface area contributed by atoms with Crippen LogP contribution in [0.15, 0.2) is 0 Å². The number of hydrogen-bond acceptors (Lipinski definition) is 5. The van der Waals surface area contributed by atoms with Crippen molar-refractivity contribution in [2.75, 3.05) is 18.5 Å². The SMILES string of the molecule is CCOC(=O)C[C@H](CN(C(=O)O)C(=O)OC(C)(C)C)C(Br)CBr. The summed E-state index contributed by atoms with van der Waals surface area (Å²) in [7, 11) is 0. The molecule has 0 aliphatic heterocycles. The fourth-order valence-electron chi connectivity index (χ4n) is 1.65. The first kappa shape index (κ1) is 22.2. The van der Waals surface area contributed by atoms with Gasteiger partial charge in [-0.2, -0.15) is 0 Å². The minimum atomic E-state index is -1.43. The molecule has 0 fully saturated rings. The zero-order valence-electron chi connectivity index (χ0n) is 13.7. The molecule has 0 aromatic heterocycles. The van der Waals surface area contributed by atoms with Gasteiger partial charge in [-0.3, -0.25) is 4.79 Å². The van der Waals surface area contributed by atoms with E-state index in [2.05, 4.69) is 31.9 Å². The molecule has 2 atom stereocenters. The van der Waals surface area contributed by atoms with E-state index in [1.807, 2.05) is 0 Å². The van der Waals surface area contributed by atoms with E-state index in [1.165, 1.54) is 0 Å². The Bertz CT molecular complexity index is 424. The average Bonchev–Trinajstić information content (AvgIpc) is 2.40. The summed E-state index contributed by atoms with van der Waals surface area (Å²) in [6, 6.07) is 0. The van der Waals surface area contributed by atoms with Gasteiger partial charge in [0.2, 0.25) is 0 Å². The third-order valence-electron chi connectivity index (χ3n) is 2.65. The van der Waals surface area contributed by atoms with Crippen LogP contribution in [0.25, 0.3) is 0 Å². The normalized spacial score (nSPS) is 13.8. The van der Waals surface area contributed by atoms with Crippen molar-refractivity contribution >= 4 is 50.0 Å². The first-order chi connectivity index (χ1) is 10.5. The van der Waals surface area contributed by atoms with Crippen molar-refractivity contribution in [2.45, 2.75) is 44.5 Å². The molecule has 0 rings (SSSR count). The predicted molar refractivity (Wildman–Crippen MR) is 92.2 cm³/mol. The molecule has 0 aliphatic carbocycles. The summed E-state index contributed by atoms with van der Waals surface area (Å²) < 4.78 is 9.98. The second-order valence-corrected chi connectivity index (χ2v) is 7.64. The van der Waals surface area contributed by atoms with Crippen molar-refractivity contribution in [3.63, 3.8) is 0 Å². The maximum Gasteiger partial charge on any atom is 0.419 e. The van der Waals surface area contributed by atoms with E-state index in [1.54, 1.807) is 27.7 Å². The molecule has 0 saturated heterocycles. The molecule has 1 unspecified atom stereocenters. The number of rotatable bonds is 7. The zero-order valence-corrected chi connectivity index (χ0v) is 16.8. The summed E-state index contributed by atoms with van der Waals surface area (Å²) in [5, 5.41) is 9.75. The molecule has 1 N–H and O–H groups in total. The Morgan fingerprint density at radius 1 is 1.26 bits per heavy atom. The number of carbonyl (C=O) groups excluding carboxylic acids is 2. The smallest absolute Gasteiger partial charge is 0.419 e.